The highest BCUT2D eigenvalue weighted by atomic mass is 16.2. The molecule has 118 valence electrons. The van der Waals surface area contributed by atoms with Crippen molar-refractivity contribution in [1.29, 1.82) is 0 Å². The lowest BCUT2D eigenvalue weighted by Crippen LogP contribution is -2.15. The van der Waals surface area contributed by atoms with Gasteiger partial charge in [-0.2, -0.15) is 0 Å². The maximum atomic E-state index is 12.3. The summed E-state index contributed by atoms with van der Waals surface area (Å²) in [5.74, 6) is -0.590. The number of hydrogen-bond donors (Lipinski definition) is 2. The third kappa shape index (κ3) is 3.47. The highest BCUT2D eigenvalue weighted by Crippen LogP contribution is 2.19. The molecule has 0 bridgehead atoms. The number of pyridine rings is 1. The summed E-state index contributed by atoms with van der Waals surface area (Å²) in [7, 11) is 0. The fourth-order valence-electron chi connectivity index (χ4n) is 2.29. The largest absolute Gasteiger partial charge is 0.366 e. The highest BCUT2D eigenvalue weighted by Gasteiger charge is 2.09. The number of benzene rings is 2. The normalized spacial score (nSPS) is 10.2. The maximum absolute atomic E-state index is 12.3. The second kappa shape index (κ2) is 6.75. The average Bonchev–Trinajstić information content (AvgIpc) is 2.63. The minimum atomic E-state index is -0.569. The van der Waals surface area contributed by atoms with Gasteiger partial charge in [-0.3, -0.25) is 9.59 Å². The van der Waals surface area contributed by atoms with Crippen LogP contribution in [-0.2, 0) is 0 Å². The lowest BCUT2D eigenvalue weighted by molar-refractivity contribution is 0.0996. The van der Waals surface area contributed by atoms with Crippen molar-refractivity contribution in [2.75, 3.05) is 5.32 Å². The molecule has 2 amide bonds. The highest BCUT2D eigenvalue weighted by molar-refractivity contribution is 6.04. The molecule has 5 heteroatoms. The Labute approximate surface area is 139 Å². The van der Waals surface area contributed by atoms with Crippen molar-refractivity contribution < 1.29 is 9.59 Å². The first-order chi connectivity index (χ1) is 11.6. The SMILES string of the molecule is NC(=O)c1ccnc(NC(=O)c2ccc(-c3ccccc3)cc2)c1. The zero-order chi connectivity index (χ0) is 16.9. The van der Waals surface area contributed by atoms with Gasteiger partial charge in [-0.05, 0) is 35.4 Å². The Morgan fingerprint density at radius 1 is 0.833 bits per heavy atom. The molecule has 0 aliphatic heterocycles. The first kappa shape index (κ1) is 15.4. The number of nitrogens with zero attached hydrogens (tertiary/aromatic N) is 1. The average molecular weight is 317 g/mol. The van der Waals surface area contributed by atoms with E-state index in [1.54, 1.807) is 12.1 Å². The molecule has 1 aromatic heterocycles. The Hall–Kier alpha value is -3.47. The van der Waals surface area contributed by atoms with Crippen LogP contribution in [-0.4, -0.2) is 16.8 Å². The Morgan fingerprint density at radius 3 is 2.17 bits per heavy atom. The molecule has 5 nitrogen and oxygen atoms in total. The molecule has 2 aromatic carbocycles. The van der Waals surface area contributed by atoms with Crippen LogP contribution in [0.4, 0.5) is 5.82 Å². The van der Waals surface area contributed by atoms with Gasteiger partial charge in [0, 0.05) is 17.3 Å². The molecule has 0 saturated heterocycles. The Bertz CT molecular complexity index is 875. The molecule has 0 aliphatic rings. The van der Waals surface area contributed by atoms with Crippen molar-refractivity contribution in [1.82, 2.24) is 4.98 Å². The fourth-order valence-corrected chi connectivity index (χ4v) is 2.29. The van der Waals surface area contributed by atoms with Crippen LogP contribution in [0.25, 0.3) is 11.1 Å². The summed E-state index contributed by atoms with van der Waals surface area (Å²) in [5.41, 5.74) is 8.12. The summed E-state index contributed by atoms with van der Waals surface area (Å²) < 4.78 is 0. The zero-order valence-electron chi connectivity index (χ0n) is 12.8. The maximum Gasteiger partial charge on any atom is 0.256 e. The van der Waals surface area contributed by atoms with Crippen LogP contribution >= 0.6 is 0 Å². The van der Waals surface area contributed by atoms with E-state index in [1.165, 1.54) is 18.3 Å². The molecule has 0 atom stereocenters. The molecular formula is C19H15N3O2. The molecule has 3 rings (SSSR count). The fraction of sp³-hybridized carbons (Fsp3) is 0. The second-order valence-corrected chi connectivity index (χ2v) is 5.19. The van der Waals surface area contributed by atoms with Crippen LogP contribution in [0.2, 0.25) is 0 Å². The molecule has 0 saturated carbocycles. The van der Waals surface area contributed by atoms with Crippen molar-refractivity contribution in [3.63, 3.8) is 0 Å². The Morgan fingerprint density at radius 2 is 1.50 bits per heavy atom. The quantitative estimate of drug-likeness (QED) is 0.775. The minimum absolute atomic E-state index is 0.281. The molecule has 0 radical (unpaired) electrons. The third-order valence-electron chi connectivity index (χ3n) is 3.54. The van der Waals surface area contributed by atoms with Gasteiger partial charge in [-0.15, -0.1) is 0 Å². The molecular weight excluding hydrogens is 302 g/mol. The molecule has 1 heterocycles. The molecule has 0 fully saturated rings. The summed E-state index contributed by atoms with van der Waals surface area (Å²) in [5, 5.41) is 2.65. The van der Waals surface area contributed by atoms with Crippen molar-refractivity contribution in [2.24, 2.45) is 5.73 Å². The van der Waals surface area contributed by atoms with Gasteiger partial charge >= 0.3 is 0 Å². The zero-order valence-corrected chi connectivity index (χ0v) is 12.8. The van der Waals surface area contributed by atoms with E-state index in [9.17, 15) is 9.59 Å². The van der Waals surface area contributed by atoms with E-state index in [-0.39, 0.29) is 11.7 Å². The van der Waals surface area contributed by atoms with E-state index in [1.807, 2.05) is 42.5 Å². The van der Waals surface area contributed by atoms with Gasteiger partial charge in [-0.25, -0.2) is 4.98 Å². The van der Waals surface area contributed by atoms with Crippen molar-refractivity contribution >= 4 is 17.6 Å². The first-order valence-corrected chi connectivity index (χ1v) is 7.36. The van der Waals surface area contributed by atoms with Gasteiger partial charge in [0.2, 0.25) is 5.91 Å². The summed E-state index contributed by atoms with van der Waals surface area (Å²) in [6, 6.07) is 20.1. The molecule has 0 spiro atoms. The lowest BCUT2D eigenvalue weighted by Gasteiger charge is -2.07. The number of aromatic nitrogens is 1. The van der Waals surface area contributed by atoms with Crippen LogP contribution in [0.15, 0.2) is 72.9 Å². The van der Waals surface area contributed by atoms with Crippen LogP contribution in [0.1, 0.15) is 20.7 Å². The van der Waals surface area contributed by atoms with E-state index in [4.69, 9.17) is 5.73 Å². The van der Waals surface area contributed by atoms with Gasteiger partial charge < -0.3 is 11.1 Å². The number of primary amides is 1. The van der Waals surface area contributed by atoms with E-state index in [0.717, 1.165) is 11.1 Å². The van der Waals surface area contributed by atoms with E-state index >= 15 is 0 Å². The minimum Gasteiger partial charge on any atom is -0.366 e. The smallest absolute Gasteiger partial charge is 0.256 e. The summed E-state index contributed by atoms with van der Waals surface area (Å²) in [6.07, 6.45) is 1.42. The van der Waals surface area contributed by atoms with Crippen molar-refractivity contribution in [3.8, 4) is 11.1 Å². The number of hydrogen-bond acceptors (Lipinski definition) is 3. The van der Waals surface area contributed by atoms with Gasteiger partial charge in [-0.1, -0.05) is 42.5 Å². The third-order valence-corrected chi connectivity index (χ3v) is 3.54. The monoisotopic (exact) mass is 317 g/mol. The first-order valence-electron chi connectivity index (χ1n) is 7.36. The number of carbonyl (C=O) groups excluding carboxylic acids is 2. The van der Waals surface area contributed by atoms with Crippen LogP contribution < -0.4 is 11.1 Å². The number of amides is 2. The standard InChI is InChI=1S/C19H15N3O2/c20-18(23)16-10-11-21-17(12-16)22-19(24)15-8-6-14(7-9-15)13-4-2-1-3-5-13/h1-12H,(H2,20,23)(H,21,22,24). The number of carbonyl (C=O) groups is 2. The van der Waals surface area contributed by atoms with Gasteiger partial charge in [0.25, 0.3) is 5.91 Å². The van der Waals surface area contributed by atoms with Crippen LogP contribution in [0, 0.1) is 0 Å². The molecule has 24 heavy (non-hydrogen) atoms. The van der Waals surface area contributed by atoms with Crippen LogP contribution in [0.5, 0.6) is 0 Å². The molecule has 0 aliphatic carbocycles. The molecule has 3 aromatic rings. The van der Waals surface area contributed by atoms with E-state index in [2.05, 4.69) is 10.3 Å². The number of rotatable bonds is 4. The van der Waals surface area contributed by atoms with Crippen molar-refractivity contribution in [2.45, 2.75) is 0 Å². The summed E-state index contributed by atoms with van der Waals surface area (Å²) in [6.45, 7) is 0. The number of nitrogens with one attached hydrogen (secondary N) is 1. The summed E-state index contributed by atoms with van der Waals surface area (Å²) in [4.78, 5) is 27.5. The van der Waals surface area contributed by atoms with E-state index < -0.39 is 5.91 Å². The molecule has 0 unspecified atom stereocenters. The van der Waals surface area contributed by atoms with Crippen molar-refractivity contribution in [3.05, 3.63) is 84.1 Å². The number of anilines is 1. The predicted molar refractivity (Wildman–Crippen MR) is 92.6 cm³/mol. The number of nitrogens with two attached hydrogens (primary N) is 1. The van der Waals surface area contributed by atoms with E-state index in [0.29, 0.717) is 11.1 Å². The van der Waals surface area contributed by atoms with Gasteiger partial charge in [0.15, 0.2) is 0 Å². The van der Waals surface area contributed by atoms with Crippen LogP contribution in [0.3, 0.4) is 0 Å². The summed E-state index contributed by atoms with van der Waals surface area (Å²) >= 11 is 0. The topological polar surface area (TPSA) is 85.1 Å². The molecule has 3 N–H and O–H groups in total. The van der Waals surface area contributed by atoms with Gasteiger partial charge in [0.1, 0.15) is 5.82 Å². The Kier molecular flexibility index (Phi) is 4.34. The second-order valence-electron chi connectivity index (χ2n) is 5.19. The predicted octanol–water partition coefficient (Wildman–Crippen LogP) is 3.10. The Balaban J connectivity index is 1.76. The van der Waals surface area contributed by atoms with Gasteiger partial charge in [0.05, 0.1) is 0 Å². The lowest BCUT2D eigenvalue weighted by atomic mass is 10.0.